The molecule has 9 heteroatoms. The molecule has 8 nitrogen and oxygen atoms in total. The van der Waals surface area contributed by atoms with Crippen molar-refractivity contribution in [1.82, 2.24) is 24.7 Å². The monoisotopic (exact) mass is 281 g/mol. The van der Waals surface area contributed by atoms with Crippen molar-refractivity contribution in [1.29, 1.82) is 0 Å². The molecule has 0 unspecified atom stereocenters. The zero-order valence-electron chi connectivity index (χ0n) is 10.6. The molecule has 0 saturated heterocycles. The number of aromatic nitrogens is 5. The predicted octanol–water partition coefficient (Wildman–Crippen LogP) is 0.520. The Labute approximate surface area is 113 Å². The van der Waals surface area contributed by atoms with Crippen LogP contribution in [-0.2, 0) is 5.75 Å². The van der Waals surface area contributed by atoms with Gasteiger partial charge in [0.05, 0.1) is 18.1 Å². The minimum atomic E-state index is -0.203. The second kappa shape index (κ2) is 5.85. The lowest BCUT2D eigenvalue weighted by Crippen LogP contribution is -2.19. The van der Waals surface area contributed by atoms with E-state index in [4.69, 9.17) is 5.84 Å². The van der Waals surface area contributed by atoms with E-state index in [1.807, 2.05) is 13.8 Å². The minimum Gasteiger partial charge on any atom is -0.307 e. The van der Waals surface area contributed by atoms with E-state index < -0.39 is 0 Å². The third kappa shape index (κ3) is 3.12. The summed E-state index contributed by atoms with van der Waals surface area (Å²) in [6, 6.07) is 0.0589. The lowest BCUT2D eigenvalue weighted by atomic mass is 10.4. The molecule has 0 bridgehead atoms. The fourth-order valence-corrected chi connectivity index (χ4v) is 2.46. The van der Waals surface area contributed by atoms with Crippen LogP contribution in [0.3, 0.4) is 0 Å². The second-order valence-electron chi connectivity index (χ2n) is 4.10. The van der Waals surface area contributed by atoms with Crippen LogP contribution in [0.25, 0.3) is 0 Å². The minimum absolute atomic E-state index is 0.0589. The fraction of sp³-hybridized carbons (Fsp3) is 0.400. The number of nitrogens with two attached hydrogens (primary N) is 1. The number of nitrogens with one attached hydrogen (secondary N) is 2. The van der Waals surface area contributed by atoms with Gasteiger partial charge in [-0.2, -0.15) is 0 Å². The van der Waals surface area contributed by atoms with Crippen LogP contribution in [-0.4, -0.2) is 24.7 Å². The highest BCUT2D eigenvalue weighted by atomic mass is 32.2. The van der Waals surface area contributed by atoms with Gasteiger partial charge in [-0.1, -0.05) is 11.8 Å². The van der Waals surface area contributed by atoms with Crippen LogP contribution in [0.15, 0.2) is 22.3 Å². The summed E-state index contributed by atoms with van der Waals surface area (Å²) >= 11 is 1.43. The molecule has 0 spiro atoms. The van der Waals surface area contributed by atoms with Gasteiger partial charge < -0.3 is 5.43 Å². The molecule has 0 amide bonds. The summed E-state index contributed by atoms with van der Waals surface area (Å²) in [4.78, 5) is 19.8. The van der Waals surface area contributed by atoms with Crippen molar-refractivity contribution < 1.29 is 0 Å². The smallest absolute Gasteiger partial charge is 0.307 e. The van der Waals surface area contributed by atoms with Crippen molar-refractivity contribution in [3.8, 4) is 0 Å². The normalized spacial score (nSPS) is 10.9. The zero-order valence-corrected chi connectivity index (χ0v) is 11.4. The second-order valence-corrected chi connectivity index (χ2v) is 5.04. The van der Waals surface area contributed by atoms with Crippen LogP contribution in [0.1, 0.15) is 25.6 Å². The van der Waals surface area contributed by atoms with Gasteiger partial charge in [-0.05, 0) is 13.8 Å². The summed E-state index contributed by atoms with van der Waals surface area (Å²) < 4.78 is 1.61. The summed E-state index contributed by atoms with van der Waals surface area (Å²) in [5, 5.41) is 7.08. The van der Waals surface area contributed by atoms with Crippen LogP contribution in [0, 0.1) is 0 Å². The molecule has 0 aromatic carbocycles. The number of hydrogen-bond donors (Lipinski definition) is 3. The van der Waals surface area contributed by atoms with E-state index in [0.29, 0.717) is 16.7 Å². The quantitative estimate of drug-likeness (QED) is 0.416. The molecule has 4 N–H and O–H groups in total. The maximum absolute atomic E-state index is 11.6. The van der Waals surface area contributed by atoms with Gasteiger partial charge in [0.15, 0.2) is 11.0 Å². The molecule has 19 heavy (non-hydrogen) atoms. The van der Waals surface area contributed by atoms with Gasteiger partial charge in [0.25, 0.3) is 0 Å². The standard InChI is InChI=1S/C10H15N7OS/c1-6(2)17-9(18)15-16-10(17)19-5-7-3-13-8(14-11)4-12-7/h3-4,6H,5,11H2,1-2H3,(H,13,14)(H,15,18). The Morgan fingerprint density at radius 2 is 2.26 bits per heavy atom. The third-order valence-electron chi connectivity index (χ3n) is 2.39. The van der Waals surface area contributed by atoms with Gasteiger partial charge >= 0.3 is 5.69 Å². The SMILES string of the molecule is CC(C)n1c(SCc2cnc(NN)cn2)n[nH]c1=O. The summed E-state index contributed by atoms with van der Waals surface area (Å²) in [6.07, 6.45) is 3.18. The maximum atomic E-state index is 11.6. The average Bonchev–Trinajstić information content (AvgIpc) is 2.78. The summed E-state index contributed by atoms with van der Waals surface area (Å²) in [5.74, 6) is 6.30. The van der Waals surface area contributed by atoms with Gasteiger partial charge in [0.2, 0.25) is 0 Å². The molecular formula is C10H15N7OS. The molecule has 2 aromatic rings. The molecule has 102 valence electrons. The Balaban J connectivity index is 2.08. The van der Waals surface area contributed by atoms with Gasteiger partial charge in [-0.25, -0.2) is 20.7 Å². The lowest BCUT2D eigenvalue weighted by molar-refractivity contribution is 0.534. The first-order valence-corrected chi connectivity index (χ1v) is 6.67. The van der Waals surface area contributed by atoms with E-state index in [1.165, 1.54) is 11.8 Å². The molecule has 0 aliphatic rings. The molecule has 2 aromatic heterocycles. The Morgan fingerprint density at radius 3 is 2.84 bits per heavy atom. The van der Waals surface area contributed by atoms with Gasteiger partial charge in [0, 0.05) is 11.8 Å². The average molecular weight is 281 g/mol. The first kappa shape index (κ1) is 13.6. The van der Waals surface area contributed by atoms with Crippen molar-refractivity contribution in [3.05, 3.63) is 28.6 Å². The van der Waals surface area contributed by atoms with Gasteiger partial charge in [0.1, 0.15) is 0 Å². The summed E-state index contributed by atoms with van der Waals surface area (Å²) in [7, 11) is 0. The van der Waals surface area contributed by atoms with Crippen molar-refractivity contribution in [2.75, 3.05) is 5.43 Å². The van der Waals surface area contributed by atoms with Crippen LogP contribution in [0.5, 0.6) is 0 Å². The largest absolute Gasteiger partial charge is 0.344 e. The van der Waals surface area contributed by atoms with Crippen molar-refractivity contribution in [3.63, 3.8) is 0 Å². The van der Waals surface area contributed by atoms with Crippen molar-refractivity contribution in [2.24, 2.45) is 5.84 Å². The highest BCUT2D eigenvalue weighted by molar-refractivity contribution is 7.98. The number of thioether (sulfide) groups is 1. The first-order valence-electron chi connectivity index (χ1n) is 5.69. The lowest BCUT2D eigenvalue weighted by Gasteiger charge is -2.08. The zero-order chi connectivity index (χ0) is 13.8. The highest BCUT2D eigenvalue weighted by Crippen LogP contribution is 2.20. The highest BCUT2D eigenvalue weighted by Gasteiger charge is 2.12. The van der Waals surface area contributed by atoms with Gasteiger partial charge in [-0.3, -0.25) is 9.55 Å². The molecule has 0 atom stereocenters. The summed E-state index contributed by atoms with van der Waals surface area (Å²) in [5.41, 5.74) is 3.00. The Morgan fingerprint density at radius 1 is 1.47 bits per heavy atom. The van der Waals surface area contributed by atoms with Crippen LogP contribution < -0.4 is 17.0 Å². The number of nitrogens with zero attached hydrogens (tertiary/aromatic N) is 4. The number of nitrogen functional groups attached to an aromatic ring is 1. The molecule has 0 saturated carbocycles. The molecule has 2 heterocycles. The number of H-pyrrole nitrogens is 1. The van der Waals surface area contributed by atoms with Crippen LogP contribution in [0.2, 0.25) is 0 Å². The number of anilines is 1. The number of rotatable bonds is 5. The Kier molecular flexibility index (Phi) is 4.17. The first-order chi connectivity index (χ1) is 9.11. The Hall–Kier alpha value is -1.87. The van der Waals surface area contributed by atoms with E-state index in [0.717, 1.165) is 5.69 Å². The predicted molar refractivity (Wildman–Crippen MR) is 72.6 cm³/mol. The topological polar surface area (TPSA) is 115 Å². The van der Waals surface area contributed by atoms with E-state index in [9.17, 15) is 4.79 Å². The van der Waals surface area contributed by atoms with E-state index in [-0.39, 0.29) is 11.7 Å². The molecule has 0 radical (unpaired) electrons. The van der Waals surface area contributed by atoms with E-state index in [1.54, 1.807) is 17.0 Å². The van der Waals surface area contributed by atoms with Crippen molar-refractivity contribution in [2.45, 2.75) is 30.8 Å². The number of hydrogen-bond acceptors (Lipinski definition) is 7. The Bertz CT molecular complexity index is 589. The maximum Gasteiger partial charge on any atom is 0.344 e. The summed E-state index contributed by atoms with van der Waals surface area (Å²) in [6.45, 7) is 3.87. The molecular weight excluding hydrogens is 266 g/mol. The molecule has 0 fully saturated rings. The number of aromatic amines is 1. The van der Waals surface area contributed by atoms with Gasteiger partial charge in [-0.15, -0.1) is 5.10 Å². The van der Waals surface area contributed by atoms with Crippen LogP contribution >= 0.6 is 11.8 Å². The van der Waals surface area contributed by atoms with Crippen LogP contribution in [0.4, 0.5) is 5.82 Å². The fourth-order valence-electron chi connectivity index (χ4n) is 1.49. The number of hydrazine groups is 1. The molecule has 0 aliphatic carbocycles. The third-order valence-corrected chi connectivity index (χ3v) is 3.38. The van der Waals surface area contributed by atoms with E-state index >= 15 is 0 Å². The van der Waals surface area contributed by atoms with Crippen molar-refractivity contribution >= 4 is 17.6 Å². The molecule has 2 rings (SSSR count). The molecule has 0 aliphatic heterocycles. The van der Waals surface area contributed by atoms with E-state index in [2.05, 4.69) is 25.6 Å².